The summed E-state index contributed by atoms with van der Waals surface area (Å²) in [5.74, 6) is 1.40. The number of benzene rings is 1. The van der Waals surface area contributed by atoms with Crippen LogP contribution in [0.4, 0.5) is 5.69 Å². The predicted octanol–water partition coefficient (Wildman–Crippen LogP) is 2.54. The number of methoxy groups -OCH3 is 1. The molecule has 0 radical (unpaired) electrons. The highest BCUT2D eigenvalue weighted by Gasteiger charge is 2.67. The third-order valence-corrected chi connectivity index (χ3v) is 5.15. The second kappa shape index (κ2) is 4.19. The first kappa shape index (κ1) is 13.9. The van der Waals surface area contributed by atoms with Crippen molar-refractivity contribution in [1.29, 1.82) is 0 Å². The first-order valence-electron chi connectivity index (χ1n) is 7.02. The molecule has 3 rings (SSSR count). The fraction of sp³-hybridized carbons (Fsp3) is 0.533. The molecule has 112 valence electrons. The summed E-state index contributed by atoms with van der Waals surface area (Å²) >= 11 is 0. The molecule has 2 N–H and O–H groups in total. The van der Waals surface area contributed by atoms with E-state index >= 15 is 0 Å². The third-order valence-electron chi connectivity index (χ3n) is 5.15. The number of tetrazole rings is 1. The Bertz CT molecular complexity index is 675. The first-order chi connectivity index (χ1) is 9.80. The van der Waals surface area contributed by atoms with Crippen molar-refractivity contribution in [3.8, 4) is 17.1 Å². The van der Waals surface area contributed by atoms with E-state index in [1.54, 1.807) is 13.2 Å². The lowest BCUT2D eigenvalue weighted by Gasteiger charge is -2.10. The minimum absolute atomic E-state index is 0.151. The molecule has 2 aromatic rings. The maximum absolute atomic E-state index is 5.81. The zero-order chi connectivity index (χ0) is 15.4. The molecule has 6 nitrogen and oxygen atoms in total. The van der Waals surface area contributed by atoms with Crippen LogP contribution in [-0.2, 0) is 0 Å². The molecular formula is C15H21N5O. The summed E-state index contributed by atoms with van der Waals surface area (Å²) in [6, 6.07) is 5.79. The van der Waals surface area contributed by atoms with E-state index in [0.29, 0.717) is 11.4 Å². The molecule has 0 aliphatic heterocycles. The highest BCUT2D eigenvalue weighted by molar-refractivity contribution is 5.68. The van der Waals surface area contributed by atoms with E-state index in [-0.39, 0.29) is 16.9 Å². The number of aromatic nitrogens is 4. The molecule has 0 unspecified atom stereocenters. The molecule has 0 amide bonds. The Morgan fingerprint density at radius 2 is 1.86 bits per heavy atom. The van der Waals surface area contributed by atoms with Crippen molar-refractivity contribution in [1.82, 2.24) is 20.2 Å². The van der Waals surface area contributed by atoms with Crippen LogP contribution in [0, 0.1) is 10.8 Å². The summed E-state index contributed by atoms with van der Waals surface area (Å²) in [5, 5.41) is 12.3. The molecule has 1 aromatic heterocycles. The minimum atomic E-state index is 0.151. The van der Waals surface area contributed by atoms with E-state index in [4.69, 9.17) is 10.5 Å². The van der Waals surface area contributed by atoms with Gasteiger partial charge in [-0.2, -0.15) is 0 Å². The van der Waals surface area contributed by atoms with Crippen LogP contribution >= 0.6 is 0 Å². The zero-order valence-electron chi connectivity index (χ0n) is 13.1. The maximum atomic E-state index is 5.81. The lowest BCUT2D eigenvalue weighted by Crippen LogP contribution is -2.06. The molecule has 0 spiro atoms. The van der Waals surface area contributed by atoms with Crippen molar-refractivity contribution < 1.29 is 4.74 Å². The highest BCUT2D eigenvalue weighted by atomic mass is 16.5. The van der Waals surface area contributed by atoms with Crippen LogP contribution in [0.25, 0.3) is 11.4 Å². The molecule has 1 fully saturated rings. The van der Waals surface area contributed by atoms with Crippen molar-refractivity contribution in [3.05, 3.63) is 18.2 Å². The summed E-state index contributed by atoms with van der Waals surface area (Å²) < 4.78 is 7.33. The van der Waals surface area contributed by atoms with Gasteiger partial charge in [-0.1, -0.05) is 27.7 Å². The molecule has 1 saturated carbocycles. The first-order valence-corrected chi connectivity index (χ1v) is 7.02. The number of ether oxygens (including phenoxy) is 1. The van der Waals surface area contributed by atoms with Gasteiger partial charge < -0.3 is 10.5 Å². The SMILES string of the molecule is COc1cc(N)ccc1-c1nnnn1C1C(C)(C)C1(C)C. The van der Waals surface area contributed by atoms with Gasteiger partial charge >= 0.3 is 0 Å². The molecule has 0 bridgehead atoms. The Morgan fingerprint density at radius 3 is 2.43 bits per heavy atom. The van der Waals surface area contributed by atoms with Crippen LogP contribution in [0.3, 0.4) is 0 Å². The molecular weight excluding hydrogens is 266 g/mol. The van der Waals surface area contributed by atoms with Gasteiger partial charge in [-0.05, 0) is 33.4 Å². The Labute approximate surface area is 124 Å². The molecule has 1 heterocycles. The highest BCUT2D eigenvalue weighted by Crippen LogP contribution is 2.71. The molecule has 1 aliphatic carbocycles. The molecule has 6 heteroatoms. The Balaban J connectivity index is 2.10. The Hall–Kier alpha value is -2.11. The van der Waals surface area contributed by atoms with E-state index in [9.17, 15) is 0 Å². The number of hydrogen-bond donors (Lipinski definition) is 1. The summed E-state index contributed by atoms with van der Waals surface area (Å²) in [6.07, 6.45) is 0. The quantitative estimate of drug-likeness (QED) is 0.878. The normalized spacial score (nSPS) is 19.5. The van der Waals surface area contributed by atoms with Gasteiger partial charge in [0.15, 0.2) is 5.82 Å². The third kappa shape index (κ3) is 1.81. The van der Waals surface area contributed by atoms with Gasteiger partial charge in [0, 0.05) is 11.8 Å². The van der Waals surface area contributed by atoms with E-state index in [0.717, 1.165) is 11.4 Å². The lowest BCUT2D eigenvalue weighted by atomic mass is 10.0. The van der Waals surface area contributed by atoms with Crippen molar-refractivity contribution >= 4 is 5.69 Å². The minimum Gasteiger partial charge on any atom is -0.496 e. The van der Waals surface area contributed by atoms with Gasteiger partial charge in [0.25, 0.3) is 0 Å². The van der Waals surface area contributed by atoms with Gasteiger partial charge in [-0.25, -0.2) is 4.68 Å². The predicted molar refractivity (Wildman–Crippen MR) is 80.8 cm³/mol. The summed E-state index contributed by atoms with van der Waals surface area (Å²) in [4.78, 5) is 0. The molecule has 0 saturated heterocycles. The fourth-order valence-corrected chi connectivity index (χ4v) is 3.21. The van der Waals surface area contributed by atoms with Crippen molar-refractivity contribution in [2.75, 3.05) is 12.8 Å². The van der Waals surface area contributed by atoms with Gasteiger partial charge in [-0.15, -0.1) is 5.10 Å². The second-order valence-electron chi connectivity index (χ2n) is 6.75. The van der Waals surface area contributed by atoms with Gasteiger partial charge in [0.2, 0.25) is 0 Å². The van der Waals surface area contributed by atoms with Gasteiger partial charge in [-0.3, -0.25) is 0 Å². The van der Waals surface area contributed by atoms with Gasteiger partial charge in [0.1, 0.15) is 5.75 Å². The topological polar surface area (TPSA) is 78.8 Å². The van der Waals surface area contributed by atoms with E-state index in [2.05, 4.69) is 43.2 Å². The molecule has 1 aliphatic rings. The van der Waals surface area contributed by atoms with Crippen molar-refractivity contribution in [3.63, 3.8) is 0 Å². The molecule has 1 aromatic carbocycles. The largest absolute Gasteiger partial charge is 0.496 e. The number of nitrogens with two attached hydrogens (primary N) is 1. The van der Waals surface area contributed by atoms with Gasteiger partial charge in [0.05, 0.1) is 18.7 Å². The standard InChI is InChI=1S/C15H21N5O/c1-14(2)13(15(14,3)4)20-12(17-18-19-20)10-7-6-9(16)8-11(10)21-5/h6-8,13H,16H2,1-5H3. The average Bonchev–Trinajstić information content (AvgIpc) is 2.77. The van der Waals surface area contributed by atoms with Crippen LogP contribution in [0.15, 0.2) is 18.2 Å². The Morgan fingerprint density at radius 1 is 1.19 bits per heavy atom. The number of anilines is 1. The average molecular weight is 287 g/mol. The van der Waals surface area contributed by atoms with Crippen LogP contribution < -0.4 is 10.5 Å². The molecule has 21 heavy (non-hydrogen) atoms. The maximum Gasteiger partial charge on any atom is 0.186 e. The van der Waals surface area contributed by atoms with Crippen LogP contribution in [0.1, 0.15) is 33.7 Å². The second-order valence-corrected chi connectivity index (χ2v) is 6.75. The van der Waals surface area contributed by atoms with Crippen LogP contribution in [0.5, 0.6) is 5.75 Å². The number of hydrogen-bond acceptors (Lipinski definition) is 5. The summed E-state index contributed by atoms with van der Waals surface area (Å²) in [6.45, 7) is 8.96. The van der Waals surface area contributed by atoms with Crippen molar-refractivity contribution in [2.45, 2.75) is 33.7 Å². The Kier molecular flexibility index (Phi) is 2.77. The van der Waals surface area contributed by atoms with E-state index in [1.807, 2.05) is 16.8 Å². The number of nitrogen functional groups attached to an aromatic ring is 1. The zero-order valence-corrected chi connectivity index (χ0v) is 13.1. The molecule has 0 atom stereocenters. The monoisotopic (exact) mass is 287 g/mol. The fourth-order valence-electron chi connectivity index (χ4n) is 3.21. The van der Waals surface area contributed by atoms with Crippen LogP contribution in [-0.4, -0.2) is 27.3 Å². The summed E-state index contributed by atoms with van der Waals surface area (Å²) in [5.41, 5.74) is 7.63. The number of nitrogens with zero attached hydrogens (tertiary/aromatic N) is 4. The number of rotatable bonds is 3. The van der Waals surface area contributed by atoms with E-state index in [1.165, 1.54) is 0 Å². The smallest absolute Gasteiger partial charge is 0.186 e. The van der Waals surface area contributed by atoms with Crippen LogP contribution in [0.2, 0.25) is 0 Å². The van der Waals surface area contributed by atoms with Crippen molar-refractivity contribution in [2.24, 2.45) is 10.8 Å². The van der Waals surface area contributed by atoms with E-state index < -0.39 is 0 Å². The lowest BCUT2D eigenvalue weighted by molar-refractivity contribution is 0.415. The summed E-state index contributed by atoms with van der Waals surface area (Å²) in [7, 11) is 1.62.